The van der Waals surface area contributed by atoms with Crippen molar-refractivity contribution in [3.8, 4) is 0 Å². The summed E-state index contributed by atoms with van der Waals surface area (Å²) in [5, 5.41) is 0. The van der Waals surface area contributed by atoms with Crippen LogP contribution in [0.1, 0.15) is 23.2 Å². The molecule has 1 atom stereocenters. The minimum absolute atomic E-state index is 0.0520. The summed E-state index contributed by atoms with van der Waals surface area (Å²) < 4.78 is 0.951. The zero-order valence-corrected chi connectivity index (χ0v) is 11.9. The van der Waals surface area contributed by atoms with Gasteiger partial charge in [0.1, 0.15) is 5.78 Å². The number of hydrogen-bond acceptors (Lipinski definition) is 3. The van der Waals surface area contributed by atoms with E-state index in [2.05, 4.69) is 20.8 Å². The van der Waals surface area contributed by atoms with E-state index in [4.69, 9.17) is 0 Å². The van der Waals surface area contributed by atoms with Crippen LogP contribution in [-0.2, 0) is 4.79 Å². The summed E-state index contributed by atoms with van der Waals surface area (Å²) in [4.78, 5) is 26.0. The zero-order chi connectivity index (χ0) is 13.1. The monoisotopic (exact) mass is 309 g/mol. The zero-order valence-electron chi connectivity index (χ0n) is 10.4. The molecule has 18 heavy (non-hydrogen) atoms. The normalized spacial score (nSPS) is 21.0. The predicted molar refractivity (Wildman–Crippen MR) is 73.7 cm³/mol. The van der Waals surface area contributed by atoms with Crippen LogP contribution in [-0.4, -0.2) is 36.6 Å². The molecule has 0 spiro atoms. The molecule has 4 heteroatoms. The van der Waals surface area contributed by atoms with Gasteiger partial charge in [-0.25, -0.2) is 0 Å². The van der Waals surface area contributed by atoms with Crippen LogP contribution in [0.3, 0.4) is 0 Å². The highest BCUT2D eigenvalue weighted by Gasteiger charge is 2.27. The van der Waals surface area contributed by atoms with Crippen molar-refractivity contribution in [1.82, 2.24) is 4.90 Å². The molecular formula is C14H16BrNO2. The summed E-state index contributed by atoms with van der Waals surface area (Å²) in [6.45, 7) is 1.50. The molecule has 1 aliphatic rings. The maximum atomic E-state index is 12.1. The number of halogens is 1. The van der Waals surface area contributed by atoms with Crippen LogP contribution in [0.15, 0.2) is 28.7 Å². The van der Waals surface area contributed by atoms with E-state index in [1.165, 1.54) is 0 Å². The van der Waals surface area contributed by atoms with Crippen LogP contribution in [0.4, 0.5) is 0 Å². The number of carbonyl (C=O) groups is 2. The molecule has 0 bridgehead atoms. The number of nitrogens with zero attached hydrogens (tertiary/aromatic N) is 1. The average Bonchev–Trinajstić information content (AvgIpc) is 2.34. The Kier molecular flexibility index (Phi) is 4.30. The first-order chi connectivity index (χ1) is 8.56. The average molecular weight is 310 g/mol. The number of carbonyl (C=O) groups excluding carboxylic acids is 2. The van der Waals surface area contributed by atoms with Gasteiger partial charge in [-0.05, 0) is 19.2 Å². The third-order valence-electron chi connectivity index (χ3n) is 3.33. The topological polar surface area (TPSA) is 37.4 Å². The number of Topliss-reactive ketones (excluding diaryl/α,β-unsaturated/α-hetero) is 2. The van der Waals surface area contributed by atoms with Crippen molar-refractivity contribution < 1.29 is 9.59 Å². The summed E-state index contributed by atoms with van der Waals surface area (Å²) in [5.74, 6) is 0.134. The van der Waals surface area contributed by atoms with Crippen LogP contribution >= 0.6 is 15.9 Å². The Hall–Kier alpha value is -1.000. The van der Waals surface area contributed by atoms with Gasteiger partial charge in [0.2, 0.25) is 0 Å². The van der Waals surface area contributed by atoms with Crippen molar-refractivity contribution in [2.24, 2.45) is 5.92 Å². The van der Waals surface area contributed by atoms with Gasteiger partial charge in [0.25, 0.3) is 0 Å². The molecule has 0 aromatic heterocycles. The van der Waals surface area contributed by atoms with E-state index in [-0.39, 0.29) is 17.5 Å². The van der Waals surface area contributed by atoms with E-state index < -0.39 is 0 Å². The molecule has 1 heterocycles. The summed E-state index contributed by atoms with van der Waals surface area (Å²) in [6, 6.07) is 7.29. The Morgan fingerprint density at radius 3 is 2.72 bits per heavy atom. The van der Waals surface area contributed by atoms with Crippen LogP contribution in [0, 0.1) is 5.92 Å². The molecule has 1 unspecified atom stereocenters. The molecular weight excluding hydrogens is 294 g/mol. The maximum absolute atomic E-state index is 12.1. The number of benzene rings is 1. The largest absolute Gasteiger partial charge is 0.305 e. The van der Waals surface area contributed by atoms with Gasteiger partial charge in [0, 0.05) is 41.9 Å². The van der Waals surface area contributed by atoms with Crippen LogP contribution in [0.25, 0.3) is 0 Å². The van der Waals surface area contributed by atoms with Crippen molar-refractivity contribution in [2.75, 3.05) is 20.1 Å². The lowest BCUT2D eigenvalue weighted by Crippen LogP contribution is -2.39. The number of ketones is 2. The molecule has 1 aromatic carbocycles. The number of hydrogen-bond donors (Lipinski definition) is 0. The van der Waals surface area contributed by atoms with Crippen molar-refractivity contribution in [2.45, 2.75) is 12.8 Å². The molecule has 1 aromatic rings. The Balaban J connectivity index is 2.02. The van der Waals surface area contributed by atoms with Gasteiger partial charge < -0.3 is 4.90 Å². The van der Waals surface area contributed by atoms with Crippen LogP contribution in [0.5, 0.6) is 0 Å². The second-order valence-corrected chi connectivity index (χ2v) is 5.73. The fraction of sp³-hybridized carbons (Fsp3) is 0.429. The van der Waals surface area contributed by atoms with Gasteiger partial charge in [0.15, 0.2) is 5.78 Å². The Morgan fingerprint density at radius 2 is 2.06 bits per heavy atom. The second kappa shape index (κ2) is 5.76. The highest BCUT2D eigenvalue weighted by Crippen LogP contribution is 2.19. The molecule has 96 valence electrons. The summed E-state index contributed by atoms with van der Waals surface area (Å²) in [6.07, 6.45) is 0.888. The molecule has 1 saturated heterocycles. The molecule has 1 aliphatic heterocycles. The smallest absolute Gasteiger partial charge is 0.163 e. The third-order valence-corrected chi connectivity index (χ3v) is 3.85. The summed E-state index contributed by atoms with van der Waals surface area (Å²) in [5.41, 5.74) is 0.680. The fourth-order valence-electron chi connectivity index (χ4n) is 2.23. The lowest BCUT2D eigenvalue weighted by molar-refractivity contribution is -0.125. The van der Waals surface area contributed by atoms with E-state index >= 15 is 0 Å². The van der Waals surface area contributed by atoms with Crippen LogP contribution in [0.2, 0.25) is 0 Å². The lowest BCUT2D eigenvalue weighted by atomic mass is 9.90. The minimum Gasteiger partial charge on any atom is -0.305 e. The van der Waals surface area contributed by atoms with Crippen molar-refractivity contribution >= 4 is 27.5 Å². The Morgan fingerprint density at radius 1 is 1.39 bits per heavy atom. The van der Waals surface area contributed by atoms with Crippen molar-refractivity contribution in [3.63, 3.8) is 0 Å². The maximum Gasteiger partial charge on any atom is 0.163 e. The van der Waals surface area contributed by atoms with Gasteiger partial charge in [-0.2, -0.15) is 0 Å². The molecule has 0 saturated carbocycles. The summed E-state index contributed by atoms with van der Waals surface area (Å²) >= 11 is 3.34. The molecule has 0 radical (unpaired) electrons. The van der Waals surface area contributed by atoms with Crippen LogP contribution < -0.4 is 0 Å². The first-order valence-corrected chi connectivity index (χ1v) is 6.85. The fourth-order valence-corrected chi connectivity index (χ4v) is 2.49. The third kappa shape index (κ3) is 3.27. The molecule has 0 aliphatic carbocycles. The Bertz CT molecular complexity index is 455. The van der Waals surface area contributed by atoms with E-state index in [0.29, 0.717) is 24.9 Å². The first kappa shape index (κ1) is 13.4. The highest BCUT2D eigenvalue weighted by molar-refractivity contribution is 9.10. The quantitative estimate of drug-likeness (QED) is 0.805. The molecule has 0 N–H and O–H groups in total. The number of likely N-dealkylation sites (tertiary alicyclic amines) is 1. The van der Waals surface area contributed by atoms with Crippen molar-refractivity contribution in [3.05, 3.63) is 34.3 Å². The molecule has 3 nitrogen and oxygen atoms in total. The molecule has 2 rings (SSSR count). The van der Waals surface area contributed by atoms with Gasteiger partial charge in [-0.1, -0.05) is 28.1 Å². The van der Waals surface area contributed by atoms with E-state index in [1.807, 2.05) is 19.2 Å². The van der Waals surface area contributed by atoms with E-state index in [0.717, 1.165) is 11.0 Å². The second-order valence-electron chi connectivity index (χ2n) is 4.81. The lowest BCUT2D eigenvalue weighted by Gasteiger charge is -2.28. The van der Waals surface area contributed by atoms with E-state index in [1.54, 1.807) is 12.1 Å². The van der Waals surface area contributed by atoms with Crippen molar-refractivity contribution in [1.29, 1.82) is 0 Å². The first-order valence-electron chi connectivity index (χ1n) is 6.06. The highest BCUT2D eigenvalue weighted by atomic mass is 79.9. The Labute approximate surface area is 115 Å². The van der Waals surface area contributed by atoms with E-state index in [9.17, 15) is 9.59 Å². The minimum atomic E-state index is -0.139. The standard InChI is InChI=1S/C14H16BrNO2/c1-16-7-6-13(17)11(9-16)8-14(18)10-2-4-12(15)5-3-10/h2-5,11H,6-9H2,1H3. The SMILES string of the molecule is CN1CCC(=O)C(CC(=O)c2ccc(Br)cc2)C1. The van der Waals surface area contributed by atoms with Gasteiger partial charge in [-0.15, -0.1) is 0 Å². The predicted octanol–water partition coefficient (Wildman–Crippen LogP) is 2.54. The van der Waals surface area contributed by atoms with Gasteiger partial charge >= 0.3 is 0 Å². The van der Waals surface area contributed by atoms with Gasteiger partial charge in [-0.3, -0.25) is 9.59 Å². The summed E-state index contributed by atoms with van der Waals surface area (Å²) in [7, 11) is 1.99. The number of piperidine rings is 1. The molecule has 0 amide bonds. The van der Waals surface area contributed by atoms with Gasteiger partial charge in [0.05, 0.1) is 0 Å². The molecule has 1 fully saturated rings. The number of rotatable bonds is 3.